The molecule has 1 aliphatic heterocycles. The zero-order chi connectivity index (χ0) is 10.7. The SMILES string of the molecule is O=C(CCC1Cc2ccccc2N1)NO. The second kappa shape index (κ2) is 4.31. The quantitative estimate of drug-likeness (QED) is 0.516. The first-order valence-corrected chi connectivity index (χ1v) is 5.07. The molecule has 4 nitrogen and oxygen atoms in total. The molecular formula is C11H14N2O2. The number of rotatable bonds is 3. The molecule has 0 saturated heterocycles. The first kappa shape index (κ1) is 9.98. The summed E-state index contributed by atoms with van der Waals surface area (Å²) in [5.41, 5.74) is 4.10. The van der Waals surface area contributed by atoms with E-state index in [9.17, 15) is 4.79 Å². The standard InChI is InChI=1S/C11H14N2O2/c14-11(13-15)6-5-9-7-8-3-1-2-4-10(8)12-9/h1-4,9,12,15H,5-7H2,(H,13,14). The van der Waals surface area contributed by atoms with E-state index in [1.54, 1.807) is 5.48 Å². The average Bonchev–Trinajstić information content (AvgIpc) is 2.68. The summed E-state index contributed by atoms with van der Waals surface area (Å²) in [5, 5.41) is 11.7. The van der Waals surface area contributed by atoms with Gasteiger partial charge in [-0.1, -0.05) is 18.2 Å². The summed E-state index contributed by atoms with van der Waals surface area (Å²) >= 11 is 0. The van der Waals surface area contributed by atoms with Crippen molar-refractivity contribution in [1.82, 2.24) is 5.48 Å². The van der Waals surface area contributed by atoms with Gasteiger partial charge in [0.05, 0.1) is 0 Å². The molecule has 4 heteroatoms. The third-order valence-electron chi connectivity index (χ3n) is 2.69. The van der Waals surface area contributed by atoms with Crippen molar-refractivity contribution in [3.8, 4) is 0 Å². The molecule has 2 rings (SSSR count). The molecule has 1 aromatic carbocycles. The highest BCUT2D eigenvalue weighted by Crippen LogP contribution is 2.26. The number of para-hydroxylation sites is 1. The van der Waals surface area contributed by atoms with Gasteiger partial charge in [-0.3, -0.25) is 10.0 Å². The van der Waals surface area contributed by atoms with Crippen LogP contribution in [0.3, 0.4) is 0 Å². The molecule has 1 aliphatic rings. The third kappa shape index (κ3) is 2.27. The van der Waals surface area contributed by atoms with Gasteiger partial charge in [0.25, 0.3) is 0 Å². The molecule has 0 fully saturated rings. The molecule has 1 amide bonds. The Bertz CT molecular complexity index is 340. The lowest BCUT2D eigenvalue weighted by molar-refractivity contribution is -0.129. The van der Waals surface area contributed by atoms with Gasteiger partial charge in [0.1, 0.15) is 0 Å². The predicted octanol–water partition coefficient (Wildman–Crippen LogP) is 1.31. The van der Waals surface area contributed by atoms with Crippen LogP contribution in [-0.2, 0) is 11.2 Å². The van der Waals surface area contributed by atoms with Crippen molar-refractivity contribution in [2.75, 3.05) is 5.32 Å². The number of fused-ring (bicyclic) bond motifs is 1. The van der Waals surface area contributed by atoms with Gasteiger partial charge in [-0.25, -0.2) is 5.48 Å². The zero-order valence-electron chi connectivity index (χ0n) is 8.36. The van der Waals surface area contributed by atoms with Crippen LogP contribution in [0.25, 0.3) is 0 Å². The fourth-order valence-corrected chi connectivity index (χ4v) is 1.91. The molecule has 0 spiro atoms. The first-order chi connectivity index (χ1) is 7.29. The van der Waals surface area contributed by atoms with Gasteiger partial charge < -0.3 is 5.32 Å². The number of carbonyl (C=O) groups is 1. The largest absolute Gasteiger partial charge is 0.382 e. The fraction of sp³-hybridized carbons (Fsp3) is 0.364. The van der Waals surface area contributed by atoms with Crippen LogP contribution in [0, 0.1) is 0 Å². The van der Waals surface area contributed by atoms with E-state index in [2.05, 4.69) is 11.4 Å². The molecule has 80 valence electrons. The molecule has 0 bridgehead atoms. The lowest BCUT2D eigenvalue weighted by Gasteiger charge is -2.09. The van der Waals surface area contributed by atoms with Gasteiger partial charge in [0.2, 0.25) is 5.91 Å². The Morgan fingerprint density at radius 2 is 2.33 bits per heavy atom. The fourth-order valence-electron chi connectivity index (χ4n) is 1.91. The van der Waals surface area contributed by atoms with Crippen LogP contribution in [0.15, 0.2) is 24.3 Å². The molecule has 1 aromatic rings. The molecule has 1 heterocycles. The number of nitrogens with one attached hydrogen (secondary N) is 2. The minimum absolute atomic E-state index is 0.305. The molecule has 15 heavy (non-hydrogen) atoms. The Morgan fingerprint density at radius 1 is 1.53 bits per heavy atom. The van der Waals surface area contributed by atoms with Crippen molar-refractivity contribution in [3.05, 3.63) is 29.8 Å². The van der Waals surface area contributed by atoms with Crippen LogP contribution in [0.2, 0.25) is 0 Å². The van der Waals surface area contributed by atoms with Crippen LogP contribution in [0.5, 0.6) is 0 Å². The second-order valence-corrected chi connectivity index (χ2v) is 3.78. The smallest absolute Gasteiger partial charge is 0.243 e. The monoisotopic (exact) mass is 206 g/mol. The summed E-state index contributed by atoms with van der Waals surface area (Å²) in [6.45, 7) is 0. The van der Waals surface area contributed by atoms with E-state index in [0.717, 1.165) is 18.5 Å². The van der Waals surface area contributed by atoms with Crippen molar-refractivity contribution in [2.24, 2.45) is 0 Å². The number of carbonyl (C=O) groups excluding carboxylic acids is 1. The van der Waals surface area contributed by atoms with Crippen LogP contribution in [0.1, 0.15) is 18.4 Å². The van der Waals surface area contributed by atoms with Gasteiger partial charge in [-0.05, 0) is 24.5 Å². The van der Waals surface area contributed by atoms with Crippen LogP contribution < -0.4 is 10.8 Å². The maximum absolute atomic E-state index is 10.9. The Hall–Kier alpha value is -1.55. The van der Waals surface area contributed by atoms with E-state index in [1.807, 2.05) is 18.2 Å². The van der Waals surface area contributed by atoms with Crippen molar-refractivity contribution >= 4 is 11.6 Å². The van der Waals surface area contributed by atoms with Crippen LogP contribution >= 0.6 is 0 Å². The minimum atomic E-state index is -0.326. The molecule has 0 aromatic heterocycles. The predicted molar refractivity (Wildman–Crippen MR) is 56.7 cm³/mol. The molecular weight excluding hydrogens is 192 g/mol. The number of hydrogen-bond donors (Lipinski definition) is 3. The zero-order valence-corrected chi connectivity index (χ0v) is 8.36. The Balaban J connectivity index is 1.88. The topological polar surface area (TPSA) is 61.4 Å². The maximum atomic E-state index is 10.9. The average molecular weight is 206 g/mol. The number of hydrogen-bond acceptors (Lipinski definition) is 3. The summed E-state index contributed by atoms with van der Waals surface area (Å²) in [4.78, 5) is 10.9. The molecule has 0 radical (unpaired) electrons. The van der Waals surface area contributed by atoms with Crippen LogP contribution in [-0.4, -0.2) is 17.2 Å². The highest BCUT2D eigenvalue weighted by atomic mass is 16.5. The van der Waals surface area contributed by atoms with Crippen molar-refractivity contribution in [2.45, 2.75) is 25.3 Å². The normalized spacial score (nSPS) is 18.1. The summed E-state index contributed by atoms with van der Waals surface area (Å²) in [6.07, 6.45) is 2.04. The Kier molecular flexibility index (Phi) is 2.87. The molecule has 1 atom stereocenters. The molecule has 0 saturated carbocycles. The molecule has 3 N–H and O–H groups in total. The van der Waals surface area contributed by atoms with Gasteiger partial charge in [0.15, 0.2) is 0 Å². The van der Waals surface area contributed by atoms with E-state index in [-0.39, 0.29) is 5.91 Å². The van der Waals surface area contributed by atoms with E-state index in [1.165, 1.54) is 5.56 Å². The van der Waals surface area contributed by atoms with Gasteiger partial charge >= 0.3 is 0 Å². The summed E-state index contributed by atoms with van der Waals surface area (Å²) < 4.78 is 0. The van der Waals surface area contributed by atoms with Gasteiger partial charge in [0, 0.05) is 18.2 Å². The van der Waals surface area contributed by atoms with E-state index in [4.69, 9.17) is 5.21 Å². The van der Waals surface area contributed by atoms with Crippen LogP contribution in [0.4, 0.5) is 5.69 Å². The summed E-state index contributed by atoms with van der Waals surface area (Å²) in [6, 6.07) is 8.45. The van der Waals surface area contributed by atoms with E-state index in [0.29, 0.717) is 12.5 Å². The van der Waals surface area contributed by atoms with E-state index < -0.39 is 0 Å². The number of anilines is 1. The van der Waals surface area contributed by atoms with Gasteiger partial charge in [-0.15, -0.1) is 0 Å². The lowest BCUT2D eigenvalue weighted by atomic mass is 10.1. The van der Waals surface area contributed by atoms with Crippen molar-refractivity contribution in [1.29, 1.82) is 0 Å². The Morgan fingerprint density at radius 3 is 3.07 bits per heavy atom. The maximum Gasteiger partial charge on any atom is 0.243 e. The third-order valence-corrected chi connectivity index (χ3v) is 2.69. The molecule has 0 aliphatic carbocycles. The highest BCUT2D eigenvalue weighted by Gasteiger charge is 2.20. The van der Waals surface area contributed by atoms with E-state index >= 15 is 0 Å². The number of amides is 1. The van der Waals surface area contributed by atoms with Gasteiger partial charge in [-0.2, -0.15) is 0 Å². The summed E-state index contributed by atoms with van der Waals surface area (Å²) in [7, 11) is 0. The number of benzene rings is 1. The Labute approximate surface area is 88.3 Å². The lowest BCUT2D eigenvalue weighted by Crippen LogP contribution is -2.23. The summed E-state index contributed by atoms with van der Waals surface area (Å²) in [5.74, 6) is -0.326. The van der Waals surface area contributed by atoms with Crippen molar-refractivity contribution < 1.29 is 10.0 Å². The second-order valence-electron chi connectivity index (χ2n) is 3.78. The molecule has 1 unspecified atom stereocenters. The first-order valence-electron chi connectivity index (χ1n) is 5.07. The minimum Gasteiger partial charge on any atom is -0.382 e. The highest BCUT2D eigenvalue weighted by molar-refractivity contribution is 5.74. The number of hydroxylamine groups is 1. The van der Waals surface area contributed by atoms with Crippen molar-refractivity contribution in [3.63, 3.8) is 0 Å².